The fourth-order valence-corrected chi connectivity index (χ4v) is 1.79. The van der Waals surface area contributed by atoms with E-state index in [4.69, 9.17) is 4.74 Å². The van der Waals surface area contributed by atoms with Crippen molar-refractivity contribution in [2.24, 2.45) is 7.05 Å². The summed E-state index contributed by atoms with van der Waals surface area (Å²) in [6, 6.07) is 0. The van der Waals surface area contributed by atoms with Crippen molar-refractivity contribution in [3.05, 3.63) is 21.0 Å². The number of rotatable bonds is 1. The zero-order valence-electron chi connectivity index (χ0n) is 11.0. The summed E-state index contributed by atoms with van der Waals surface area (Å²) in [6.45, 7) is 5.32. The lowest BCUT2D eigenvalue weighted by molar-refractivity contribution is 0.0589. The molecule has 0 fully saturated rings. The average Bonchev–Trinajstić information content (AvgIpc) is 2.23. The molecule has 0 saturated carbocycles. The third-order valence-electron chi connectivity index (χ3n) is 2.09. The van der Waals surface area contributed by atoms with Crippen LogP contribution in [0.15, 0.2) is 15.5 Å². The fourth-order valence-electron chi connectivity index (χ4n) is 1.16. The van der Waals surface area contributed by atoms with E-state index >= 15 is 0 Å². The zero-order valence-corrected chi connectivity index (χ0v) is 12.6. The summed E-state index contributed by atoms with van der Waals surface area (Å²) in [5.74, 6) is 0. The number of aromatic nitrogens is 2. The second kappa shape index (κ2) is 5.09. The minimum absolute atomic E-state index is 0.272. The molecular weight excluding hydrogens is 302 g/mol. The predicted octanol–water partition coefficient (Wildman–Crippen LogP) is 1.91. The maximum absolute atomic E-state index is 11.9. The Morgan fingerprint density at radius 1 is 1.50 bits per heavy atom. The van der Waals surface area contributed by atoms with E-state index in [2.05, 4.69) is 21.0 Å². The van der Waals surface area contributed by atoms with Gasteiger partial charge in [0.15, 0.2) is 0 Å². The first-order valence-corrected chi connectivity index (χ1v) is 6.11. The monoisotopic (exact) mass is 317 g/mol. The van der Waals surface area contributed by atoms with Crippen molar-refractivity contribution in [3.8, 4) is 0 Å². The van der Waals surface area contributed by atoms with Crippen LogP contribution >= 0.6 is 15.9 Å². The van der Waals surface area contributed by atoms with Gasteiger partial charge in [0.1, 0.15) is 10.1 Å². The van der Waals surface area contributed by atoms with E-state index in [1.165, 1.54) is 29.9 Å². The van der Waals surface area contributed by atoms with Crippen molar-refractivity contribution in [2.75, 3.05) is 11.9 Å². The number of hydrogen-bond donors (Lipinski definition) is 0. The lowest BCUT2D eigenvalue weighted by Crippen LogP contribution is -2.35. The number of amides is 1. The summed E-state index contributed by atoms with van der Waals surface area (Å²) in [7, 11) is 3.06. The molecule has 0 aliphatic heterocycles. The number of hydrogen-bond acceptors (Lipinski definition) is 4. The summed E-state index contributed by atoms with van der Waals surface area (Å²) in [5.41, 5.74) is -0.541. The Bertz CT molecular complexity index is 519. The quantitative estimate of drug-likeness (QED) is 0.793. The molecule has 1 amide bonds. The second-order valence-electron chi connectivity index (χ2n) is 4.81. The Kier molecular flexibility index (Phi) is 4.16. The summed E-state index contributed by atoms with van der Waals surface area (Å²) >= 11 is 3.16. The lowest BCUT2D eigenvalue weighted by atomic mass is 10.2. The molecule has 0 N–H and O–H groups in total. The molecule has 0 unspecified atom stereocenters. The molecule has 0 atom stereocenters. The van der Waals surface area contributed by atoms with Gasteiger partial charge in [0.2, 0.25) is 0 Å². The van der Waals surface area contributed by atoms with Crippen molar-refractivity contribution in [3.63, 3.8) is 0 Å². The topological polar surface area (TPSA) is 64.4 Å². The molecule has 6 nitrogen and oxygen atoms in total. The number of carbonyl (C=O) groups excluding carboxylic acids is 1. The van der Waals surface area contributed by atoms with Gasteiger partial charge in [0.05, 0.1) is 11.9 Å². The number of nitrogens with zero attached hydrogens (tertiary/aromatic N) is 3. The van der Waals surface area contributed by atoms with Crippen LogP contribution in [0.1, 0.15) is 20.8 Å². The molecule has 1 rings (SSSR count). The lowest BCUT2D eigenvalue weighted by Gasteiger charge is -2.24. The van der Waals surface area contributed by atoms with Gasteiger partial charge in [-0.25, -0.2) is 9.48 Å². The third kappa shape index (κ3) is 3.32. The molecule has 0 aromatic carbocycles. The molecule has 100 valence electrons. The van der Waals surface area contributed by atoms with Gasteiger partial charge in [-0.3, -0.25) is 9.69 Å². The highest BCUT2D eigenvalue weighted by Gasteiger charge is 2.23. The highest BCUT2D eigenvalue weighted by molar-refractivity contribution is 9.10. The summed E-state index contributed by atoms with van der Waals surface area (Å²) in [4.78, 5) is 24.8. The molecule has 0 saturated heterocycles. The number of halogens is 1. The molecule has 0 bridgehead atoms. The van der Waals surface area contributed by atoms with E-state index in [1.807, 2.05) is 0 Å². The molecule has 0 spiro atoms. The second-order valence-corrected chi connectivity index (χ2v) is 5.60. The minimum Gasteiger partial charge on any atom is -0.443 e. The maximum atomic E-state index is 11.9. The van der Waals surface area contributed by atoms with Crippen LogP contribution in [0.5, 0.6) is 0 Å². The highest BCUT2D eigenvalue weighted by Crippen LogP contribution is 2.22. The van der Waals surface area contributed by atoms with E-state index in [1.54, 1.807) is 20.8 Å². The van der Waals surface area contributed by atoms with Gasteiger partial charge in [0.25, 0.3) is 5.56 Å². The van der Waals surface area contributed by atoms with Crippen molar-refractivity contribution in [2.45, 2.75) is 26.4 Å². The standard InChI is InChI=1S/C11H16BrN3O3/c1-11(2,3)18-10(17)14(4)7-6-13-15(5)9(16)8(7)12/h6H,1-5H3. The first-order chi connectivity index (χ1) is 8.13. The molecule has 1 aromatic heterocycles. The maximum Gasteiger partial charge on any atom is 0.414 e. The molecule has 1 aromatic rings. The minimum atomic E-state index is -0.592. The Morgan fingerprint density at radius 3 is 2.56 bits per heavy atom. The Morgan fingerprint density at radius 2 is 2.06 bits per heavy atom. The summed E-state index contributed by atoms with van der Waals surface area (Å²) in [5, 5.41) is 3.86. The summed E-state index contributed by atoms with van der Waals surface area (Å²) in [6.07, 6.45) is 0.883. The predicted molar refractivity (Wildman–Crippen MR) is 71.8 cm³/mol. The van der Waals surface area contributed by atoms with Crippen LogP contribution in [0.2, 0.25) is 0 Å². The van der Waals surface area contributed by atoms with Crippen LogP contribution in [0.25, 0.3) is 0 Å². The number of anilines is 1. The third-order valence-corrected chi connectivity index (χ3v) is 2.83. The van der Waals surface area contributed by atoms with E-state index in [-0.39, 0.29) is 10.0 Å². The normalized spacial score (nSPS) is 11.2. The molecule has 18 heavy (non-hydrogen) atoms. The van der Waals surface area contributed by atoms with Crippen LogP contribution in [0.4, 0.5) is 10.5 Å². The van der Waals surface area contributed by atoms with Gasteiger partial charge >= 0.3 is 6.09 Å². The highest BCUT2D eigenvalue weighted by atomic mass is 79.9. The Balaban J connectivity index is 3.05. The van der Waals surface area contributed by atoms with Crippen molar-refractivity contribution in [1.82, 2.24) is 9.78 Å². The molecule has 7 heteroatoms. The average molecular weight is 318 g/mol. The van der Waals surface area contributed by atoms with E-state index in [9.17, 15) is 9.59 Å². The fraction of sp³-hybridized carbons (Fsp3) is 0.545. The van der Waals surface area contributed by atoms with Crippen LogP contribution < -0.4 is 10.5 Å². The first kappa shape index (κ1) is 14.7. The van der Waals surface area contributed by atoms with Crippen LogP contribution in [0.3, 0.4) is 0 Å². The van der Waals surface area contributed by atoms with Gasteiger partial charge in [-0.2, -0.15) is 5.10 Å². The molecular formula is C11H16BrN3O3. The number of carbonyl (C=O) groups is 1. The van der Waals surface area contributed by atoms with Crippen molar-refractivity contribution >= 4 is 27.7 Å². The van der Waals surface area contributed by atoms with Gasteiger partial charge in [-0.1, -0.05) is 0 Å². The van der Waals surface area contributed by atoms with Crippen LogP contribution in [-0.4, -0.2) is 28.5 Å². The van der Waals surface area contributed by atoms with Crippen LogP contribution in [-0.2, 0) is 11.8 Å². The molecule has 0 aliphatic carbocycles. The molecule has 1 heterocycles. The van der Waals surface area contributed by atoms with Gasteiger partial charge in [-0.05, 0) is 36.7 Å². The van der Waals surface area contributed by atoms with Gasteiger partial charge < -0.3 is 4.74 Å². The van der Waals surface area contributed by atoms with E-state index < -0.39 is 11.7 Å². The smallest absolute Gasteiger partial charge is 0.414 e. The SMILES string of the molecule is CN(C(=O)OC(C)(C)C)c1cnn(C)c(=O)c1Br. The van der Waals surface area contributed by atoms with Gasteiger partial charge in [-0.15, -0.1) is 0 Å². The number of aryl methyl sites for hydroxylation is 1. The summed E-state index contributed by atoms with van der Waals surface area (Å²) < 4.78 is 6.66. The van der Waals surface area contributed by atoms with Gasteiger partial charge in [0, 0.05) is 14.1 Å². The van der Waals surface area contributed by atoms with E-state index in [0.29, 0.717) is 5.69 Å². The first-order valence-electron chi connectivity index (χ1n) is 5.32. The van der Waals surface area contributed by atoms with Crippen LogP contribution in [0, 0.1) is 0 Å². The molecule has 0 radical (unpaired) electrons. The Labute approximate surface area is 114 Å². The van der Waals surface area contributed by atoms with Crippen molar-refractivity contribution in [1.29, 1.82) is 0 Å². The molecule has 0 aliphatic rings. The largest absolute Gasteiger partial charge is 0.443 e. The van der Waals surface area contributed by atoms with Crippen molar-refractivity contribution < 1.29 is 9.53 Å². The Hall–Kier alpha value is -1.37. The number of ether oxygens (including phenoxy) is 1. The van der Waals surface area contributed by atoms with E-state index in [0.717, 1.165) is 0 Å². The zero-order chi connectivity index (χ0) is 14.1.